The summed E-state index contributed by atoms with van der Waals surface area (Å²) in [6.45, 7) is 4.51. The quantitative estimate of drug-likeness (QED) is 0.635. The lowest BCUT2D eigenvalue weighted by Gasteiger charge is -2.12. The Morgan fingerprint density at radius 1 is 1.09 bits per heavy atom. The Morgan fingerprint density at radius 3 is 2.48 bits per heavy atom. The Balaban J connectivity index is 2.25. The van der Waals surface area contributed by atoms with Crippen LogP contribution >= 0.6 is 0 Å². The Kier molecular flexibility index (Phi) is 5.26. The first-order chi connectivity index (χ1) is 10.9. The van der Waals surface area contributed by atoms with Crippen molar-refractivity contribution in [2.75, 3.05) is 18.9 Å². The molecule has 0 spiro atoms. The van der Waals surface area contributed by atoms with Gasteiger partial charge in [0.1, 0.15) is 5.69 Å². The van der Waals surface area contributed by atoms with Gasteiger partial charge in [0.25, 0.3) is 0 Å². The molecule has 2 aromatic carbocycles. The summed E-state index contributed by atoms with van der Waals surface area (Å²) in [4.78, 5) is 5.92. The molecule has 0 bridgehead atoms. The fraction of sp³-hybridized carbons (Fsp3) is 0.235. The van der Waals surface area contributed by atoms with Crippen molar-refractivity contribution in [3.05, 3.63) is 53.3 Å². The molecule has 3 nitrogen and oxygen atoms in total. The standard InChI is InChI=1S/C17H18F3N3/c1-4-23(3)10-21-17-7-11(2)16(9-15(17)20)22-12-5-6-13(18)14(19)8-12/h5-10,22H,4H2,1-3H3/b21-10-. The molecule has 1 N–H and O–H groups in total. The van der Waals surface area contributed by atoms with Gasteiger partial charge in [-0.05, 0) is 43.7 Å². The predicted octanol–water partition coefficient (Wildman–Crippen LogP) is 4.77. The number of aliphatic imine (C=N–C) groups is 1. The van der Waals surface area contributed by atoms with Gasteiger partial charge in [0.05, 0.1) is 6.34 Å². The average molecular weight is 321 g/mol. The van der Waals surface area contributed by atoms with E-state index >= 15 is 0 Å². The zero-order chi connectivity index (χ0) is 17.0. The van der Waals surface area contributed by atoms with Crippen LogP contribution in [0.15, 0.2) is 35.3 Å². The molecule has 122 valence electrons. The molecule has 0 saturated heterocycles. The topological polar surface area (TPSA) is 27.6 Å². The molecule has 2 aromatic rings. The lowest BCUT2D eigenvalue weighted by atomic mass is 10.1. The lowest BCUT2D eigenvalue weighted by molar-refractivity contribution is 0.509. The zero-order valence-corrected chi connectivity index (χ0v) is 13.2. The number of aryl methyl sites for hydroxylation is 1. The van der Waals surface area contributed by atoms with Crippen LogP contribution in [0.3, 0.4) is 0 Å². The number of hydrogen-bond acceptors (Lipinski definition) is 2. The summed E-state index contributed by atoms with van der Waals surface area (Å²) in [5.41, 5.74) is 1.77. The number of halogens is 3. The largest absolute Gasteiger partial charge is 0.366 e. The van der Waals surface area contributed by atoms with E-state index in [2.05, 4.69) is 10.3 Å². The first kappa shape index (κ1) is 16.9. The van der Waals surface area contributed by atoms with Gasteiger partial charge < -0.3 is 10.2 Å². The van der Waals surface area contributed by atoms with Crippen molar-refractivity contribution >= 4 is 23.4 Å². The number of nitrogens with zero attached hydrogens (tertiary/aromatic N) is 2. The van der Waals surface area contributed by atoms with Crippen molar-refractivity contribution in [2.24, 2.45) is 4.99 Å². The Bertz CT molecular complexity index is 729. The third kappa shape index (κ3) is 4.25. The summed E-state index contributed by atoms with van der Waals surface area (Å²) in [5, 5.41) is 2.88. The second kappa shape index (κ2) is 7.17. The molecule has 0 aliphatic rings. The summed E-state index contributed by atoms with van der Waals surface area (Å²) in [7, 11) is 1.84. The van der Waals surface area contributed by atoms with Gasteiger partial charge in [0, 0.05) is 31.0 Å². The molecule has 0 aliphatic heterocycles. The molecule has 0 aromatic heterocycles. The van der Waals surface area contributed by atoms with Crippen molar-refractivity contribution in [3.63, 3.8) is 0 Å². The van der Waals surface area contributed by atoms with E-state index in [0.717, 1.165) is 24.2 Å². The first-order valence-electron chi connectivity index (χ1n) is 7.17. The smallest absolute Gasteiger partial charge is 0.160 e. The molecule has 6 heteroatoms. The number of rotatable bonds is 5. The molecule has 0 fully saturated rings. The monoisotopic (exact) mass is 321 g/mol. The summed E-state index contributed by atoms with van der Waals surface area (Å²) >= 11 is 0. The highest BCUT2D eigenvalue weighted by Gasteiger charge is 2.08. The average Bonchev–Trinajstić information content (AvgIpc) is 2.52. The Labute approximate surface area is 133 Å². The van der Waals surface area contributed by atoms with Gasteiger partial charge >= 0.3 is 0 Å². The van der Waals surface area contributed by atoms with Gasteiger partial charge in [-0.25, -0.2) is 18.2 Å². The maximum Gasteiger partial charge on any atom is 0.160 e. The maximum atomic E-state index is 14.1. The van der Waals surface area contributed by atoms with Crippen LogP contribution in [0.5, 0.6) is 0 Å². The lowest BCUT2D eigenvalue weighted by Crippen LogP contribution is -2.14. The third-order valence-corrected chi connectivity index (χ3v) is 3.39. The van der Waals surface area contributed by atoms with Crippen molar-refractivity contribution in [2.45, 2.75) is 13.8 Å². The van der Waals surface area contributed by atoms with Crippen molar-refractivity contribution in [1.29, 1.82) is 0 Å². The second-order valence-electron chi connectivity index (χ2n) is 5.19. The van der Waals surface area contributed by atoms with E-state index in [-0.39, 0.29) is 5.69 Å². The summed E-state index contributed by atoms with van der Waals surface area (Å²) in [6.07, 6.45) is 1.56. The van der Waals surface area contributed by atoms with Crippen molar-refractivity contribution in [3.8, 4) is 0 Å². The summed E-state index contributed by atoms with van der Waals surface area (Å²) in [6, 6.07) is 6.31. The molecule has 0 amide bonds. The second-order valence-corrected chi connectivity index (χ2v) is 5.19. The van der Waals surface area contributed by atoms with Gasteiger partial charge in [-0.2, -0.15) is 0 Å². The fourth-order valence-electron chi connectivity index (χ4n) is 1.87. The number of nitrogens with one attached hydrogen (secondary N) is 1. The maximum absolute atomic E-state index is 14.1. The molecule has 23 heavy (non-hydrogen) atoms. The zero-order valence-electron chi connectivity index (χ0n) is 13.2. The van der Waals surface area contributed by atoms with E-state index in [1.165, 1.54) is 12.1 Å². The van der Waals surface area contributed by atoms with Gasteiger partial charge in [0.15, 0.2) is 17.5 Å². The van der Waals surface area contributed by atoms with Crippen LogP contribution in [0.4, 0.5) is 30.2 Å². The van der Waals surface area contributed by atoms with E-state index in [1.807, 2.05) is 18.9 Å². The molecule has 0 atom stereocenters. The molecule has 0 aliphatic carbocycles. The van der Waals surface area contributed by atoms with Crippen LogP contribution in [0.2, 0.25) is 0 Å². The van der Waals surface area contributed by atoms with E-state index in [1.54, 1.807) is 19.3 Å². The fourth-order valence-corrected chi connectivity index (χ4v) is 1.87. The van der Waals surface area contributed by atoms with Crippen LogP contribution in [-0.2, 0) is 0 Å². The molecule has 0 radical (unpaired) electrons. The minimum Gasteiger partial charge on any atom is -0.366 e. The molecular formula is C17H18F3N3. The Hall–Kier alpha value is -2.50. The van der Waals surface area contributed by atoms with E-state index < -0.39 is 17.5 Å². The van der Waals surface area contributed by atoms with Crippen LogP contribution < -0.4 is 5.32 Å². The summed E-state index contributed by atoms with van der Waals surface area (Å²) in [5.74, 6) is -2.39. The third-order valence-electron chi connectivity index (χ3n) is 3.39. The minimum absolute atomic E-state index is 0.221. The van der Waals surface area contributed by atoms with E-state index in [9.17, 15) is 13.2 Å². The number of anilines is 2. The van der Waals surface area contributed by atoms with Crippen molar-refractivity contribution < 1.29 is 13.2 Å². The van der Waals surface area contributed by atoms with Crippen LogP contribution in [0, 0.1) is 24.4 Å². The SMILES string of the molecule is CCN(C)/C=N\c1cc(C)c(Nc2ccc(F)c(F)c2)cc1F. The Morgan fingerprint density at radius 2 is 1.83 bits per heavy atom. The first-order valence-corrected chi connectivity index (χ1v) is 7.17. The highest BCUT2D eigenvalue weighted by molar-refractivity contribution is 5.68. The molecule has 0 heterocycles. The van der Waals surface area contributed by atoms with E-state index in [4.69, 9.17) is 0 Å². The van der Waals surface area contributed by atoms with Gasteiger partial charge in [-0.3, -0.25) is 0 Å². The number of hydrogen-bond donors (Lipinski definition) is 1. The van der Waals surface area contributed by atoms with Gasteiger partial charge in [-0.15, -0.1) is 0 Å². The van der Waals surface area contributed by atoms with Crippen LogP contribution in [0.1, 0.15) is 12.5 Å². The molecule has 2 rings (SSSR count). The van der Waals surface area contributed by atoms with Gasteiger partial charge in [-0.1, -0.05) is 0 Å². The van der Waals surface area contributed by atoms with Crippen LogP contribution in [0.25, 0.3) is 0 Å². The molecule has 0 unspecified atom stereocenters. The van der Waals surface area contributed by atoms with E-state index in [0.29, 0.717) is 11.4 Å². The highest BCUT2D eigenvalue weighted by atomic mass is 19.2. The molecule has 0 saturated carbocycles. The van der Waals surface area contributed by atoms with Crippen LogP contribution in [-0.4, -0.2) is 24.8 Å². The molecular weight excluding hydrogens is 303 g/mol. The summed E-state index contributed by atoms with van der Waals surface area (Å²) < 4.78 is 40.3. The van der Waals surface area contributed by atoms with Crippen molar-refractivity contribution in [1.82, 2.24) is 4.90 Å². The predicted molar refractivity (Wildman–Crippen MR) is 87.2 cm³/mol. The highest BCUT2D eigenvalue weighted by Crippen LogP contribution is 2.28. The minimum atomic E-state index is -0.961. The van der Waals surface area contributed by atoms with Gasteiger partial charge in [0.2, 0.25) is 0 Å². The number of benzene rings is 2. The normalized spacial score (nSPS) is 11.0.